The van der Waals surface area contributed by atoms with E-state index >= 15 is 0 Å². The Balaban J connectivity index is 1.42. The smallest absolute Gasteiger partial charge is 0.223 e. The Kier molecular flexibility index (Phi) is 4.49. The second-order valence-corrected chi connectivity index (χ2v) is 7.02. The molecule has 25 heavy (non-hydrogen) atoms. The number of amides is 1. The predicted molar refractivity (Wildman–Crippen MR) is 93.0 cm³/mol. The largest absolute Gasteiger partial charge is 0.352 e. The second kappa shape index (κ2) is 6.92. The maximum absolute atomic E-state index is 13.4. The van der Waals surface area contributed by atoms with Gasteiger partial charge < -0.3 is 5.32 Å². The van der Waals surface area contributed by atoms with Gasteiger partial charge in [-0.05, 0) is 53.6 Å². The van der Waals surface area contributed by atoms with Crippen molar-refractivity contribution in [3.8, 4) is 0 Å². The van der Waals surface area contributed by atoms with E-state index < -0.39 is 0 Å². The molecule has 0 saturated heterocycles. The molecule has 0 spiro atoms. The molecule has 0 bridgehead atoms. The van der Waals surface area contributed by atoms with Crippen LogP contribution in [-0.4, -0.2) is 22.3 Å². The number of fused-ring (bicyclic) bond motifs is 1. The monoisotopic (exact) mass is 339 g/mol. The summed E-state index contributed by atoms with van der Waals surface area (Å²) in [7, 11) is 0. The van der Waals surface area contributed by atoms with E-state index in [1.54, 1.807) is 12.1 Å². The molecule has 2 heterocycles. The summed E-state index contributed by atoms with van der Waals surface area (Å²) in [5.74, 6) is 0.209. The number of carbonyl (C=O) groups excluding carboxylic acids is 1. The summed E-state index contributed by atoms with van der Waals surface area (Å²) >= 11 is 0. The third-order valence-corrected chi connectivity index (χ3v) is 5.00. The van der Waals surface area contributed by atoms with E-state index in [9.17, 15) is 9.18 Å². The van der Waals surface area contributed by atoms with Gasteiger partial charge in [-0.2, -0.15) is 0 Å². The summed E-state index contributed by atoms with van der Waals surface area (Å²) in [6.45, 7) is 3.04. The third-order valence-electron chi connectivity index (χ3n) is 5.00. The van der Waals surface area contributed by atoms with Crippen LogP contribution in [0.5, 0.6) is 0 Å². The fourth-order valence-corrected chi connectivity index (χ4v) is 3.48. The molecule has 4 rings (SSSR count). The molecule has 5 heteroatoms. The van der Waals surface area contributed by atoms with Crippen molar-refractivity contribution < 1.29 is 9.18 Å². The molecule has 0 atom stereocenters. The first-order valence-electron chi connectivity index (χ1n) is 8.88. The number of aromatic nitrogens is 1. The van der Waals surface area contributed by atoms with Gasteiger partial charge in [-0.3, -0.25) is 14.7 Å². The lowest BCUT2D eigenvalue weighted by Crippen LogP contribution is -2.32. The molecule has 0 unspecified atom stereocenters. The van der Waals surface area contributed by atoms with Gasteiger partial charge in [-0.25, -0.2) is 4.39 Å². The summed E-state index contributed by atoms with van der Waals surface area (Å²) in [6.07, 6.45) is 6.76. The summed E-state index contributed by atoms with van der Waals surface area (Å²) in [5, 5.41) is 3.03. The van der Waals surface area contributed by atoms with Gasteiger partial charge in [0.15, 0.2) is 0 Å². The Morgan fingerprint density at radius 3 is 3.00 bits per heavy atom. The van der Waals surface area contributed by atoms with Gasteiger partial charge in [-0.1, -0.05) is 12.1 Å². The van der Waals surface area contributed by atoms with E-state index in [-0.39, 0.29) is 17.6 Å². The minimum absolute atomic E-state index is 0.168. The van der Waals surface area contributed by atoms with Crippen molar-refractivity contribution in [2.45, 2.75) is 38.9 Å². The molecule has 1 saturated carbocycles. The molecule has 1 amide bonds. The summed E-state index contributed by atoms with van der Waals surface area (Å²) in [5.41, 5.74) is 4.63. The van der Waals surface area contributed by atoms with E-state index in [2.05, 4.69) is 15.2 Å². The van der Waals surface area contributed by atoms with Crippen molar-refractivity contribution in [1.82, 2.24) is 15.2 Å². The first-order valence-corrected chi connectivity index (χ1v) is 8.88. The molecule has 1 aromatic carbocycles. The highest BCUT2D eigenvalue weighted by Gasteiger charge is 2.29. The summed E-state index contributed by atoms with van der Waals surface area (Å²) in [6, 6.07) is 6.78. The first-order chi connectivity index (χ1) is 12.2. The van der Waals surface area contributed by atoms with Gasteiger partial charge in [0.2, 0.25) is 5.91 Å². The fourth-order valence-electron chi connectivity index (χ4n) is 3.48. The average Bonchev–Trinajstić information content (AvgIpc) is 3.44. The fraction of sp³-hybridized carbons (Fsp3) is 0.400. The van der Waals surface area contributed by atoms with Gasteiger partial charge in [0.1, 0.15) is 5.82 Å². The van der Waals surface area contributed by atoms with Gasteiger partial charge in [0, 0.05) is 44.5 Å². The van der Waals surface area contributed by atoms with Crippen LogP contribution < -0.4 is 5.32 Å². The van der Waals surface area contributed by atoms with Gasteiger partial charge in [-0.15, -0.1) is 0 Å². The lowest BCUT2D eigenvalue weighted by Gasteiger charge is -2.30. The lowest BCUT2D eigenvalue weighted by molar-refractivity contribution is -0.122. The van der Waals surface area contributed by atoms with Crippen LogP contribution in [0.15, 0.2) is 36.7 Å². The summed E-state index contributed by atoms with van der Waals surface area (Å²) < 4.78 is 13.4. The number of rotatable bonds is 5. The number of carbonyl (C=O) groups is 1. The SMILES string of the molecule is O=C(NCc1cncc2c1CCN(Cc1cccc(F)c1)C2)C1CC1. The van der Waals surface area contributed by atoms with Crippen LogP contribution in [0.25, 0.3) is 0 Å². The van der Waals surface area contributed by atoms with Crippen LogP contribution in [-0.2, 0) is 30.8 Å². The van der Waals surface area contributed by atoms with Gasteiger partial charge >= 0.3 is 0 Å². The maximum Gasteiger partial charge on any atom is 0.223 e. The molecule has 1 aliphatic heterocycles. The zero-order chi connectivity index (χ0) is 17.2. The van der Waals surface area contributed by atoms with Crippen molar-refractivity contribution in [2.24, 2.45) is 5.92 Å². The van der Waals surface area contributed by atoms with E-state index in [4.69, 9.17) is 0 Å². The van der Waals surface area contributed by atoms with E-state index in [0.29, 0.717) is 6.54 Å². The number of nitrogens with one attached hydrogen (secondary N) is 1. The molecule has 1 fully saturated rings. The maximum atomic E-state index is 13.4. The first kappa shape index (κ1) is 16.2. The Bertz CT molecular complexity index is 788. The van der Waals surface area contributed by atoms with Gasteiger partial charge in [0.05, 0.1) is 0 Å². The molecule has 130 valence electrons. The normalized spacial score (nSPS) is 17.2. The highest BCUT2D eigenvalue weighted by Crippen LogP contribution is 2.29. The minimum atomic E-state index is -0.190. The summed E-state index contributed by atoms with van der Waals surface area (Å²) in [4.78, 5) is 18.5. The molecule has 1 aliphatic carbocycles. The molecule has 0 radical (unpaired) electrons. The minimum Gasteiger partial charge on any atom is -0.352 e. The second-order valence-electron chi connectivity index (χ2n) is 7.02. The lowest BCUT2D eigenvalue weighted by atomic mass is 9.96. The number of pyridine rings is 1. The van der Waals surface area contributed by atoms with E-state index in [1.807, 2.05) is 18.5 Å². The van der Waals surface area contributed by atoms with Gasteiger partial charge in [0.25, 0.3) is 0 Å². The molecule has 1 aromatic heterocycles. The van der Waals surface area contributed by atoms with Crippen LogP contribution in [0, 0.1) is 11.7 Å². The topological polar surface area (TPSA) is 45.2 Å². The van der Waals surface area contributed by atoms with Crippen molar-refractivity contribution >= 4 is 5.91 Å². The third kappa shape index (κ3) is 3.87. The van der Waals surface area contributed by atoms with E-state index in [1.165, 1.54) is 17.2 Å². The Labute approximate surface area is 147 Å². The standard InChI is InChI=1S/C20H22FN3O/c21-18-3-1-2-14(8-18)12-24-7-6-19-16(9-22-10-17(19)13-24)11-23-20(25)15-4-5-15/h1-3,8-10,15H,4-7,11-13H2,(H,23,25). The van der Waals surface area contributed by atoms with Crippen molar-refractivity contribution in [3.05, 3.63) is 64.7 Å². The van der Waals surface area contributed by atoms with Crippen LogP contribution in [0.3, 0.4) is 0 Å². The van der Waals surface area contributed by atoms with Crippen molar-refractivity contribution in [3.63, 3.8) is 0 Å². The highest BCUT2D eigenvalue weighted by atomic mass is 19.1. The van der Waals surface area contributed by atoms with Crippen LogP contribution in [0.4, 0.5) is 4.39 Å². The number of nitrogens with zero attached hydrogens (tertiary/aromatic N) is 2. The van der Waals surface area contributed by atoms with Crippen molar-refractivity contribution in [1.29, 1.82) is 0 Å². The quantitative estimate of drug-likeness (QED) is 0.911. The van der Waals surface area contributed by atoms with Crippen LogP contribution in [0.2, 0.25) is 0 Å². The Morgan fingerprint density at radius 1 is 1.32 bits per heavy atom. The Hall–Kier alpha value is -2.27. The number of halogens is 1. The van der Waals surface area contributed by atoms with Crippen LogP contribution >= 0.6 is 0 Å². The van der Waals surface area contributed by atoms with Crippen molar-refractivity contribution in [2.75, 3.05) is 6.54 Å². The number of hydrogen-bond acceptors (Lipinski definition) is 3. The molecule has 1 N–H and O–H groups in total. The zero-order valence-electron chi connectivity index (χ0n) is 14.2. The number of hydrogen-bond donors (Lipinski definition) is 1. The zero-order valence-corrected chi connectivity index (χ0v) is 14.2. The molecule has 2 aromatic rings. The average molecular weight is 339 g/mol. The Morgan fingerprint density at radius 2 is 2.20 bits per heavy atom. The van der Waals surface area contributed by atoms with Crippen LogP contribution in [0.1, 0.15) is 35.1 Å². The molecular formula is C20H22FN3O. The van der Waals surface area contributed by atoms with E-state index in [0.717, 1.165) is 50.0 Å². The number of benzene rings is 1. The highest BCUT2D eigenvalue weighted by molar-refractivity contribution is 5.80. The molecular weight excluding hydrogens is 317 g/mol. The molecule has 2 aliphatic rings. The predicted octanol–water partition coefficient (Wildman–Crippen LogP) is 2.81. The molecule has 4 nitrogen and oxygen atoms in total.